The van der Waals surface area contributed by atoms with Gasteiger partial charge in [0.1, 0.15) is 5.75 Å². The first-order valence-electron chi connectivity index (χ1n) is 9.47. The molecule has 1 N–H and O–H groups in total. The second kappa shape index (κ2) is 9.52. The lowest BCUT2D eigenvalue weighted by Crippen LogP contribution is -2.30. The third-order valence-electron chi connectivity index (χ3n) is 4.78. The van der Waals surface area contributed by atoms with Crippen LogP contribution >= 0.6 is 11.3 Å². The predicted molar refractivity (Wildman–Crippen MR) is 114 cm³/mol. The number of rotatable bonds is 8. The molecule has 0 aliphatic carbocycles. The van der Waals surface area contributed by atoms with Gasteiger partial charge in [0.05, 0.1) is 36.3 Å². The van der Waals surface area contributed by atoms with Crippen LogP contribution in [-0.2, 0) is 14.3 Å². The maximum atomic E-state index is 13.1. The second-order valence-corrected chi connectivity index (χ2v) is 7.69. The van der Waals surface area contributed by atoms with Crippen molar-refractivity contribution in [3.63, 3.8) is 0 Å². The Bertz CT molecular complexity index is 987. The lowest BCUT2D eigenvalue weighted by molar-refractivity contribution is -0.146. The fourth-order valence-electron chi connectivity index (χ4n) is 3.17. The minimum Gasteiger partial charge on any atom is -0.497 e. The van der Waals surface area contributed by atoms with E-state index in [0.717, 1.165) is 21.5 Å². The zero-order valence-corrected chi connectivity index (χ0v) is 17.5. The molecule has 7 heteroatoms. The van der Waals surface area contributed by atoms with Gasteiger partial charge < -0.3 is 14.8 Å². The molecule has 0 bridgehead atoms. The molecule has 3 rings (SSSR count). The minimum atomic E-state index is -0.571. The van der Waals surface area contributed by atoms with Gasteiger partial charge in [0.2, 0.25) is 5.91 Å². The number of anilines is 1. The van der Waals surface area contributed by atoms with Crippen molar-refractivity contribution < 1.29 is 19.1 Å². The SMILES string of the molecule is CCOC(=O)CC(C(=O)Nc1nc2ccc(OC)cc2s1)C(C)c1ccccc1. The number of esters is 1. The maximum Gasteiger partial charge on any atom is 0.306 e. The maximum absolute atomic E-state index is 13.1. The van der Waals surface area contributed by atoms with Crippen molar-refractivity contribution in [3.05, 3.63) is 54.1 Å². The zero-order chi connectivity index (χ0) is 20.8. The van der Waals surface area contributed by atoms with E-state index in [1.807, 2.05) is 55.5 Å². The number of amides is 1. The number of aromatic nitrogens is 1. The number of hydrogen-bond donors (Lipinski definition) is 1. The minimum absolute atomic E-state index is 0.00839. The van der Waals surface area contributed by atoms with Gasteiger partial charge in [-0.2, -0.15) is 0 Å². The highest BCUT2D eigenvalue weighted by atomic mass is 32.1. The van der Waals surface area contributed by atoms with Gasteiger partial charge >= 0.3 is 5.97 Å². The number of hydrogen-bond acceptors (Lipinski definition) is 6. The van der Waals surface area contributed by atoms with Crippen molar-refractivity contribution >= 4 is 38.6 Å². The Hall–Kier alpha value is -2.93. The summed E-state index contributed by atoms with van der Waals surface area (Å²) in [4.78, 5) is 29.7. The first-order valence-corrected chi connectivity index (χ1v) is 10.3. The molecule has 0 aliphatic rings. The summed E-state index contributed by atoms with van der Waals surface area (Å²) in [5.74, 6) is -0.630. The highest BCUT2D eigenvalue weighted by Crippen LogP contribution is 2.32. The lowest BCUT2D eigenvalue weighted by Gasteiger charge is -2.22. The van der Waals surface area contributed by atoms with Gasteiger partial charge in [-0.05, 0) is 36.6 Å². The Kier molecular flexibility index (Phi) is 6.82. The van der Waals surface area contributed by atoms with Gasteiger partial charge in [-0.3, -0.25) is 9.59 Å². The fourth-order valence-corrected chi connectivity index (χ4v) is 4.07. The van der Waals surface area contributed by atoms with Crippen LogP contribution in [0.25, 0.3) is 10.2 Å². The summed E-state index contributed by atoms with van der Waals surface area (Å²) < 4.78 is 11.2. The average Bonchev–Trinajstić information content (AvgIpc) is 3.13. The van der Waals surface area contributed by atoms with E-state index in [-0.39, 0.29) is 30.8 Å². The third-order valence-corrected chi connectivity index (χ3v) is 5.72. The molecule has 0 saturated heterocycles. The zero-order valence-electron chi connectivity index (χ0n) is 16.7. The molecule has 3 aromatic rings. The highest BCUT2D eigenvalue weighted by molar-refractivity contribution is 7.22. The summed E-state index contributed by atoms with van der Waals surface area (Å²) in [5.41, 5.74) is 1.77. The van der Waals surface area contributed by atoms with E-state index in [2.05, 4.69) is 10.3 Å². The van der Waals surface area contributed by atoms with Crippen molar-refractivity contribution in [2.24, 2.45) is 5.92 Å². The van der Waals surface area contributed by atoms with Crippen LogP contribution in [0.15, 0.2) is 48.5 Å². The van der Waals surface area contributed by atoms with E-state index in [1.54, 1.807) is 14.0 Å². The number of fused-ring (bicyclic) bond motifs is 1. The van der Waals surface area contributed by atoms with Crippen molar-refractivity contribution in [3.8, 4) is 5.75 Å². The van der Waals surface area contributed by atoms with Crippen LogP contribution in [0.4, 0.5) is 5.13 Å². The molecule has 1 amide bonds. The largest absolute Gasteiger partial charge is 0.497 e. The van der Waals surface area contributed by atoms with Gasteiger partial charge in [-0.1, -0.05) is 48.6 Å². The van der Waals surface area contributed by atoms with Crippen molar-refractivity contribution in [2.75, 3.05) is 19.0 Å². The van der Waals surface area contributed by atoms with Crippen LogP contribution in [0, 0.1) is 5.92 Å². The molecule has 0 saturated carbocycles. The standard InChI is InChI=1S/C22H24N2O4S/c1-4-28-20(25)13-17(14(2)15-8-6-5-7-9-15)21(26)24-22-23-18-11-10-16(27-3)12-19(18)29-22/h5-12,14,17H,4,13H2,1-3H3,(H,23,24,26). The first-order chi connectivity index (χ1) is 14.0. The average molecular weight is 413 g/mol. The van der Waals surface area contributed by atoms with E-state index in [4.69, 9.17) is 9.47 Å². The van der Waals surface area contributed by atoms with E-state index < -0.39 is 5.92 Å². The second-order valence-electron chi connectivity index (χ2n) is 6.66. The summed E-state index contributed by atoms with van der Waals surface area (Å²) >= 11 is 1.37. The van der Waals surface area contributed by atoms with Crippen molar-refractivity contribution in [1.29, 1.82) is 0 Å². The number of carbonyl (C=O) groups excluding carboxylic acids is 2. The van der Waals surface area contributed by atoms with Gasteiger partial charge in [-0.25, -0.2) is 4.98 Å². The summed E-state index contributed by atoms with van der Waals surface area (Å²) in [6.45, 7) is 3.98. The smallest absolute Gasteiger partial charge is 0.306 e. The molecule has 6 nitrogen and oxygen atoms in total. The van der Waals surface area contributed by atoms with Gasteiger partial charge in [-0.15, -0.1) is 0 Å². The molecule has 0 spiro atoms. The predicted octanol–water partition coefficient (Wildman–Crippen LogP) is 4.62. The third kappa shape index (κ3) is 5.12. The van der Waals surface area contributed by atoms with Gasteiger partial charge in [0.15, 0.2) is 5.13 Å². The molecule has 2 aromatic carbocycles. The molecule has 0 aliphatic heterocycles. The van der Waals surface area contributed by atoms with Crippen molar-refractivity contribution in [2.45, 2.75) is 26.2 Å². The van der Waals surface area contributed by atoms with Crippen molar-refractivity contribution in [1.82, 2.24) is 4.98 Å². The van der Waals surface area contributed by atoms with E-state index in [9.17, 15) is 9.59 Å². The molecule has 0 fully saturated rings. The van der Waals surface area contributed by atoms with Crippen LogP contribution in [0.2, 0.25) is 0 Å². The Morgan fingerprint density at radius 3 is 2.62 bits per heavy atom. The lowest BCUT2D eigenvalue weighted by atomic mass is 9.84. The number of carbonyl (C=O) groups is 2. The Morgan fingerprint density at radius 2 is 1.93 bits per heavy atom. The van der Waals surface area contributed by atoms with Gasteiger partial charge in [0, 0.05) is 0 Å². The molecular weight excluding hydrogens is 388 g/mol. The topological polar surface area (TPSA) is 77.5 Å². The molecular formula is C22H24N2O4S. The molecule has 2 unspecified atom stereocenters. The number of nitrogens with zero attached hydrogens (tertiary/aromatic N) is 1. The molecule has 1 heterocycles. The Balaban J connectivity index is 1.82. The van der Waals surface area contributed by atoms with E-state index in [1.165, 1.54) is 11.3 Å². The number of thiazole rings is 1. The Morgan fingerprint density at radius 1 is 1.17 bits per heavy atom. The molecule has 0 radical (unpaired) electrons. The Labute approximate surface area is 173 Å². The fraction of sp³-hybridized carbons (Fsp3) is 0.318. The summed E-state index contributed by atoms with van der Waals surface area (Å²) in [6, 6.07) is 15.2. The highest BCUT2D eigenvalue weighted by Gasteiger charge is 2.30. The van der Waals surface area contributed by atoms with E-state index in [0.29, 0.717) is 5.13 Å². The monoisotopic (exact) mass is 412 g/mol. The van der Waals surface area contributed by atoms with Crippen LogP contribution in [0.5, 0.6) is 5.75 Å². The normalized spacial score (nSPS) is 12.9. The van der Waals surface area contributed by atoms with Gasteiger partial charge in [0.25, 0.3) is 0 Å². The molecule has 152 valence electrons. The molecule has 29 heavy (non-hydrogen) atoms. The summed E-state index contributed by atoms with van der Waals surface area (Å²) in [6.07, 6.45) is 0.00839. The number of benzene rings is 2. The van der Waals surface area contributed by atoms with Crippen LogP contribution in [0.1, 0.15) is 31.7 Å². The number of ether oxygens (including phenoxy) is 2. The molecule has 2 atom stereocenters. The summed E-state index contributed by atoms with van der Waals surface area (Å²) in [7, 11) is 1.61. The first kappa shape index (κ1) is 20.8. The molecule has 1 aromatic heterocycles. The summed E-state index contributed by atoms with van der Waals surface area (Å²) in [5, 5.41) is 3.38. The number of methoxy groups -OCH3 is 1. The van der Waals surface area contributed by atoms with Crippen LogP contribution in [0.3, 0.4) is 0 Å². The van der Waals surface area contributed by atoms with E-state index >= 15 is 0 Å². The van der Waals surface area contributed by atoms with Crippen LogP contribution in [-0.4, -0.2) is 30.6 Å². The quantitative estimate of drug-likeness (QED) is 0.547. The van der Waals surface area contributed by atoms with Crippen LogP contribution < -0.4 is 10.1 Å². The number of nitrogens with one attached hydrogen (secondary N) is 1.